The maximum atomic E-state index is 6.12. The van der Waals surface area contributed by atoms with E-state index in [4.69, 9.17) is 10.5 Å². The Morgan fingerprint density at radius 1 is 1.31 bits per heavy atom. The average Bonchev–Trinajstić information content (AvgIpc) is 2.22. The fraction of sp³-hybridized carbons (Fsp3) is 1.00. The van der Waals surface area contributed by atoms with E-state index in [9.17, 15) is 0 Å². The van der Waals surface area contributed by atoms with Crippen LogP contribution in [0.2, 0.25) is 0 Å². The Bertz CT molecular complexity index is 184. The molecule has 2 N–H and O–H groups in total. The molecule has 1 atom stereocenters. The quantitative estimate of drug-likeness (QED) is 0.705. The summed E-state index contributed by atoms with van der Waals surface area (Å²) in [6.07, 6.45) is 4.76. The Balaban J connectivity index is 2.13. The second-order valence-electron chi connectivity index (χ2n) is 5.86. The van der Waals surface area contributed by atoms with E-state index in [-0.39, 0.29) is 0 Å². The average molecular weight is 228 g/mol. The molecule has 0 aromatic heterocycles. The van der Waals surface area contributed by atoms with Gasteiger partial charge in [0.25, 0.3) is 0 Å². The summed E-state index contributed by atoms with van der Waals surface area (Å²) in [5.74, 6) is 0. The van der Waals surface area contributed by atoms with Crippen LogP contribution in [0.1, 0.15) is 39.5 Å². The van der Waals surface area contributed by atoms with Crippen molar-refractivity contribution < 1.29 is 4.74 Å². The number of piperidine rings is 1. The number of hydrogen-bond donors (Lipinski definition) is 1. The summed E-state index contributed by atoms with van der Waals surface area (Å²) in [6, 6.07) is 0.316. The molecule has 0 bridgehead atoms. The van der Waals surface area contributed by atoms with Gasteiger partial charge in [0.2, 0.25) is 0 Å². The van der Waals surface area contributed by atoms with E-state index >= 15 is 0 Å². The van der Waals surface area contributed by atoms with Gasteiger partial charge in [0, 0.05) is 26.3 Å². The minimum atomic E-state index is 0.316. The SMILES string of the molecule is COCCCC(N)CN1CCC(C)(C)CC1. The fourth-order valence-electron chi connectivity index (χ4n) is 2.25. The van der Waals surface area contributed by atoms with Crippen LogP contribution >= 0.6 is 0 Å². The molecule has 0 aromatic carbocycles. The predicted molar refractivity (Wildman–Crippen MR) is 68.5 cm³/mol. The molecule has 1 aliphatic rings. The first-order chi connectivity index (χ1) is 7.53. The highest BCUT2D eigenvalue weighted by Gasteiger charge is 2.25. The second-order valence-corrected chi connectivity index (χ2v) is 5.86. The molecule has 0 amide bonds. The van der Waals surface area contributed by atoms with Gasteiger partial charge in [0.1, 0.15) is 0 Å². The number of nitrogens with two attached hydrogens (primary N) is 1. The molecule has 1 aliphatic heterocycles. The molecule has 0 aliphatic carbocycles. The Kier molecular flexibility index (Phi) is 5.73. The summed E-state index contributed by atoms with van der Waals surface area (Å²) in [7, 11) is 1.75. The van der Waals surface area contributed by atoms with Crippen LogP contribution in [0.4, 0.5) is 0 Å². The highest BCUT2D eigenvalue weighted by molar-refractivity contribution is 4.80. The van der Waals surface area contributed by atoms with E-state index in [1.807, 2.05) is 0 Å². The minimum absolute atomic E-state index is 0.316. The van der Waals surface area contributed by atoms with Crippen LogP contribution in [-0.2, 0) is 4.74 Å². The molecule has 1 fully saturated rings. The zero-order valence-electron chi connectivity index (χ0n) is 11.2. The molecule has 1 heterocycles. The highest BCUT2D eigenvalue weighted by atomic mass is 16.5. The number of hydrogen-bond acceptors (Lipinski definition) is 3. The van der Waals surface area contributed by atoms with E-state index < -0.39 is 0 Å². The van der Waals surface area contributed by atoms with E-state index in [0.717, 1.165) is 26.0 Å². The van der Waals surface area contributed by atoms with E-state index in [1.54, 1.807) is 7.11 Å². The lowest BCUT2D eigenvalue weighted by Crippen LogP contribution is -2.43. The molecule has 3 heteroatoms. The summed E-state index contributed by atoms with van der Waals surface area (Å²) in [5, 5.41) is 0. The molecular formula is C13H28N2O. The van der Waals surface area contributed by atoms with Gasteiger partial charge in [-0.05, 0) is 44.2 Å². The fourth-order valence-corrected chi connectivity index (χ4v) is 2.25. The summed E-state index contributed by atoms with van der Waals surface area (Å²) in [6.45, 7) is 9.04. The van der Waals surface area contributed by atoms with Crippen LogP contribution in [0.15, 0.2) is 0 Å². The van der Waals surface area contributed by atoms with Gasteiger partial charge in [-0.15, -0.1) is 0 Å². The van der Waals surface area contributed by atoms with Crippen molar-refractivity contribution in [1.29, 1.82) is 0 Å². The molecule has 1 rings (SSSR count). The maximum absolute atomic E-state index is 6.12. The van der Waals surface area contributed by atoms with Crippen LogP contribution in [0.5, 0.6) is 0 Å². The molecule has 0 saturated carbocycles. The van der Waals surface area contributed by atoms with Gasteiger partial charge in [-0.1, -0.05) is 13.8 Å². The smallest absolute Gasteiger partial charge is 0.0462 e. The first-order valence-electron chi connectivity index (χ1n) is 6.50. The maximum Gasteiger partial charge on any atom is 0.0462 e. The molecule has 0 spiro atoms. The number of likely N-dealkylation sites (tertiary alicyclic amines) is 1. The van der Waals surface area contributed by atoms with Crippen LogP contribution in [0.25, 0.3) is 0 Å². The third kappa shape index (κ3) is 5.28. The molecule has 0 radical (unpaired) electrons. The van der Waals surface area contributed by atoms with Crippen molar-refractivity contribution in [3.8, 4) is 0 Å². The number of methoxy groups -OCH3 is 1. The Morgan fingerprint density at radius 2 is 1.94 bits per heavy atom. The summed E-state index contributed by atoms with van der Waals surface area (Å²) in [5.41, 5.74) is 6.65. The third-order valence-electron chi connectivity index (χ3n) is 3.63. The van der Waals surface area contributed by atoms with Crippen LogP contribution in [0.3, 0.4) is 0 Å². The number of rotatable bonds is 6. The lowest BCUT2D eigenvalue weighted by Gasteiger charge is -2.37. The first kappa shape index (κ1) is 13.9. The van der Waals surface area contributed by atoms with Gasteiger partial charge >= 0.3 is 0 Å². The van der Waals surface area contributed by atoms with E-state index in [1.165, 1.54) is 25.9 Å². The van der Waals surface area contributed by atoms with Crippen LogP contribution in [0, 0.1) is 5.41 Å². The lowest BCUT2D eigenvalue weighted by molar-refractivity contribution is 0.123. The molecular weight excluding hydrogens is 200 g/mol. The van der Waals surface area contributed by atoms with Gasteiger partial charge in [0.15, 0.2) is 0 Å². The summed E-state index contributed by atoms with van der Waals surface area (Å²) in [4.78, 5) is 2.52. The van der Waals surface area contributed by atoms with Crippen molar-refractivity contribution in [3.05, 3.63) is 0 Å². The standard InChI is InChI=1S/C13H28N2O/c1-13(2)6-8-15(9-7-13)11-12(14)5-4-10-16-3/h12H,4-11,14H2,1-3H3. The summed E-state index contributed by atoms with van der Waals surface area (Å²) < 4.78 is 5.04. The van der Waals surface area contributed by atoms with Crippen molar-refractivity contribution in [3.63, 3.8) is 0 Å². The van der Waals surface area contributed by atoms with Crippen LogP contribution in [-0.4, -0.2) is 44.3 Å². The topological polar surface area (TPSA) is 38.5 Å². The highest BCUT2D eigenvalue weighted by Crippen LogP contribution is 2.29. The molecule has 0 aromatic rings. The van der Waals surface area contributed by atoms with Gasteiger partial charge in [-0.25, -0.2) is 0 Å². The van der Waals surface area contributed by atoms with Gasteiger partial charge in [0.05, 0.1) is 0 Å². The molecule has 96 valence electrons. The van der Waals surface area contributed by atoms with Gasteiger partial charge < -0.3 is 15.4 Å². The van der Waals surface area contributed by atoms with Crippen molar-refractivity contribution in [2.75, 3.05) is 33.4 Å². The molecule has 16 heavy (non-hydrogen) atoms. The predicted octanol–water partition coefficient (Wildman–Crippen LogP) is 1.86. The lowest BCUT2D eigenvalue weighted by atomic mass is 9.82. The monoisotopic (exact) mass is 228 g/mol. The van der Waals surface area contributed by atoms with E-state index in [2.05, 4.69) is 18.7 Å². The zero-order valence-corrected chi connectivity index (χ0v) is 11.2. The molecule has 1 unspecified atom stereocenters. The largest absolute Gasteiger partial charge is 0.385 e. The molecule has 3 nitrogen and oxygen atoms in total. The Labute approximate surface area is 100 Å². The van der Waals surface area contributed by atoms with Gasteiger partial charge in [-0.3, -0.25) is 0 Å². The molecule has 1 saturated heterocycles. The normalized spacial score (nSPS) is 23.2. The zero-order chi connectivity index (χ0) is 12.0. The minimum Gasteiger partial charge on any atom is -0.385 e. The van der Waals surface area contributed by atoms with E-state index in [0.29, 0.717) is 11.5 Å². The Morgan fingerprint density at radius 3 is 2.50 bits per heavy atom. The van der Waals surface area contributed by atoms with Crippen molar-refractivity contribution in [2.24, 2.45) is 11.1 Å². The van der Waals surface area contributed by atoms with Crippen LogP contribution < -0.4 is 5.73 Å². The summed E-state index contributed by atoms with van der Waals surface area (Å²) >= 11 is 0. The van der Waals surface area contributed by atoms with Crippen molar-refractivity contribution in [1.82, 2.24) is 4.90 Å². The van der Waals surface area contributed by atoms with Crippen molar-refractivity contribution >= 4 is 0 Å². The number of nitrogens with zero attached hydrogens (tertiary/aromatic N) is 1. The Hall–Kier alpha value is -0.120. The first-order valence-corrected chi connectivity index (χ1v) is 6.50. The van der Waals surface area contributed by atoms with Gasteiger partial charge in [-0.2, -0.15) is 0 Å². The van der Waals surface area contributed by atoms with Crippen molar-refractivity contribution in [2.45, 2.75) is 45.6 Å². The number of ether oxygens (including phenoxy) is 1. The third-order valence-corrected chi connectivity index (χ3v) is 3.63. The second kappa shape index (κ2) is 6.58.